The minimum absolute atomic E-state index is 0.0891. The van der Waals surface area contributed by atoms with Gasteiger partial charge in [0.15, 0.2) is 0 Å². The number of hydrogen-bond acceptors (Lipinski definition) is 2. The Balaban J connectivity index is 3.00. The van der Waals surface area contributed by atoms with Crippen molar-refractivity contribution in [1.29, 1.82) is 0 Å². The van der Waals surface area contributed by atoms with E-state index in [1.807, 2.05) is 6.07 Å². The van der Waals surface area contributed by atoms with E-state index in [1.54, 1.807) is 31.2 Å². The van der Waals surface area contributed by atoms with Gasteiger partial charge in [0.05, 0.1) is 0 Å². The molecule has 0 aromatic heterocycles. The van der Waals surface area contributed by atoms with Gasteiger partial charge in [-0.25, -0.2) is 0 Å². The first-order chi connectivity index (χ1) is 6.13. The maximum atomic E-state index is 11.5. The second kappa shape index (κ2) is 4.10. The van der Waals surface area contributed by atoms with Crippen LogP contribution in [0.4, 0.5) is 0 Å². The average molecular weight is 196 g/mol. The van der Waals surface area contributed by atoms with Gasteiger partial charge in [0.1, 0.15) is 5.03 Å². The fourth-order valence-corrected chi connectivity index (χ4v) is 1.00. The Bertz CT molecular complexity index is 339. The van der Waals surface area contributed by atoms with Crippen molar-refractivity contribution in [1.82, 2.24) is 0 Å². The van der Waals surface area contributed by atoms with Crippen molar-refractivity contribution >= 4 is 17.4 Å². The van der Waals surface area contributed by atoms with Crippen LogP contribution >= 0.6 is 11.6 Å². The fraction of sp³-hybridized carbons (Fsp3) is 0.100. The Kier molecular flexibility index (Phi) is 3.09. The number of rotatable bonds is 2. The molecule has 1 aromatic rings. The third-order valence-electron chi connectivity index (χ3n) is 1.58. The van der Waals surface area contributed by atoms with Crippen molar-refractivity contribution < 1.29 is 4.79 Å². The largest absolute Gasteiger partial charge is 0.401 e. The first-order valence-corrected chi connectivity index (χ1v) is 4.22. The summed E-state index contributed by atoms with van der Waals surface area (Å²) in [5.41, 5.74) is 6.30. The van der Waals surface area contributed by atoms with Crippen LogP contribution in [0, 0.1) is 0 Å². The first-order valence-electron chi connectivity index (χ1n) is 3.84. The summed E-state index contributed by atoms with van der Waals surface area (Å²) >= 11 is 5.71. The maximum absolute atomic E-state index is 11.5. The van der Waals surface area contributed by atoms with Crippen molar-refractivity contribution in [2.75, 3.05) is 0 Å². The van der Waals surface area contributed by atoms with Crippen molar-refractivity contribution in [3.8, 4) is 0 Å². The number of allylic oxidation sites excluding steroid dienone is 2. The molecular formula is C10H10ClNO. The molecule has 13 heavy (non-hydrogen) atoms. The molecule has 0 spiro atoms. The summed E-state index contributed by atoms with van der Waals surface area (Å²) < 4.78 is 0. The Labute approximate surface area is 82.0 Å². The van der Waals surface area contributed by atoms with E-state index in [0.717, 1.165) is 0 Å². The van der Waals surface area contributed by atoms with Gasteiger partial charge in [-0.1, -0.05) is 41.9 Å². The molecule has 68 valence electrons. The molecule has 0 heterocycles. The first kappa shape index (κ1) is 9.81. The zero-order valence-corrected chi connectivity index (χ0v) is 8.01. The van der Waals surface area contributed by atoms with E-state index in [1.165, 1.54) is 0 Å². The van der Waals surface area contributed by atoms with Gasteiger partial charge in [-0.15, -0.1) is 0 Å². The monoisotopic (exact) mass is 195 g/mol. The molecule has 2 N–H and O–H groups in total. The molecule has 0 fully saturated rings. The summed E-state index contributed by atoms with van der Waals surface area (Å²) in [6.07, 6.45) is 0. The average Bonchev–Trinajstić information content (AvgIpc) is 2.17. The maximum Gasteiger partial charge on any atom is 0.206 e. The van der Waals surface area contributed by atoms with E-state index >= 15 is 0 Å². The standard InChI is InChI=1S/C10H10ClNO/c1-7(12)9(11)10(13)8-5-3-2-4-6-8/h2-6H,12H2,1H3/b9-7-. The second-order valence-corrected chi connectivity index (χ2v) is 3.07. The topological polar surface area (TPSA) is 43.1 Å². The highest BCUT2D eigenvalue weighted by Gasteiger charge is 2.10. The minimum Gasteiger partial charge on any atom is -0.401 e. The Morgan fingerprint density at radius 3 is 2.31 bits per heavy atom. The number of nitrogens with two attached hydrogens (primary N) is 1. The highest BCUT2D eigenvalue weighted by molar-refractivity contribution is 6.45. The highest BCUT2D eigenvalue weighted by atomic mass is 35.5. The lowest BCUT2D eigenvalue weighted by molar-refractivity contribution is 0.104. The van der Waals surface area contributed by atoms with Crippen LogP contribution in [-0.2, 0) is 0 Å². The molecule has 1 rings (SSSR count). The zero-order valence-electron chi connectivity index (χ0n) is 7.25. The van der Waals surface area contributed by atoms with Gasteiger partial charge in [0.2, 0.25) is 5.78 Å². The summed E-state index contributed by atoms with van der Waals surface area (Å²) in [5, 5.41) is 0.0891. The number of ketones is 1. The highest BCUT2D eigenvalue weighted by Crippen LogP contribution is 2.13. The summed E-state index contributed by atoms with van der Waals surface area (Å²) in [6.45, 7) is 1.60. The number of Topliss-reactive ketones (excluding diaryl/α,β-unsaturated/α-hetero) is 1. The van der Waals surface area contributed by atoms with Crippen LogP contribution in [-0.4, -0.2) is 5.78 Å². The third kappa shape index (κ3) is 2.33. The van der Waals surface area contributed by atoms with Gasteiger partial charge in [-0.3, -0.25) is 4.79 Å². The molecule has 0 aliphatic heterocycles. The molecule has 0 radical (unpaired) electrons. The van der Waals surface area contributed by atoms with Crippen molar-refractivity contribution in [3.63, 3.8) is 0 Å². The number of carbonyl (C=O) groups is 1. The van der Waals surface area contributed by atoms with Crippen LogP contribution < -0.4 is 5.73 Å². The Hall–Kier alpha value is -1.28. The van der Waals surface area contributed by atoms with Crippen molar-refractivity contribution in [2.24, 2.45) is 5.73 Å². The van der Waals surface area contributed by atoms with E-state index in [2.05, 4.69) is 0 Å². The lowest BCUT2D eigenvalue weighted by atomic mass is 10.1. The molecule has 0 amide bonds. The molecule has 0 aliphatic rings. The third-order valence-corrected chi connectivity index (χ3v) is 2.05. The number of halogens is 1. The molecule has 0 saturated carbocycles. The molecule has 0 saturated heterocycles. The molecule has 2 nitrogen and oxygen atoms in total. The second-order valence-electron chi connectivity index (χ2n) is 2.69. The predicted molar refractivity (Wildman–Crippen MR) is 53.5 cm³/mol. The van der Waals surface area contributed by atoms with Crippen LogP contribution in [0.1, 0.15) is 17.3 Å². The van der Waals surface area contributed by atoms with E-state index in [9.17, 15) is 4.79 Å². The number of hydrogen-bond donors (Lipinski definition) is 1. The van der Waals surface area contributed by atoms with Crippen molar-refractivity contribution in [2.45, 2.75) is 6.92 Å². The molecule has 0 bridgehead atoms. The van der Waals surface area contributed by atoms with Crippen LogP contribution in [0.3, 0.4) is 0 Å². The van der Waals surface area contributed by atoms with Gasteiger partial charge in [0.25, 0.3) is 0 Å². The SMILES string of the molecule is C/C(N)=C(/Cl)C(=O)c1ccccc1. The van der Waals surface area contributed by atoms with E-state index < -0.39 is 0 Å². The number of benzene rings is 1. The number of carbonyl (C=O) groups excluding carboxylic acids is 1. The molecule has 0 atom stereocenters. The van der Waals surface area contributed by atoms with Gasteiger partial charge in [0, 0.05) is 11.3 Å². The van der Waals surface area contributed by atoms with Gasteiger partial charge in [-0.05, 0) is 6.92 Å². The smallest absolute Gasteiger partial charge is 0.206 e. The summed E-state index contributed by atoms with van der Waals surface area (Å²) in [4.78, 5) is 11.5. The van der Waals surface area contributed by atoms with Gasteiger partial charge >= 0.3 is 0 Å². The lowest BCUT2D eigenvalue weighted by Gasteiger charge is -2.00. The van der Waals surface area contributed by atoms with E-state index in [4.69, 9.17) is 17.3 Å². The molecule has 0 unspecified atom stereocenters. The minimum atomic E-state index is -0.234. The normalized spacial score (nSPS) is 12.2. The van der Waals surface area contributed by atoms with Crippen LogP contribution in [0.2, 0.25) is 0 Å². The lowest BCUT2D eigenvalue weighted by Crippen LogP contribution is -2.05. The molecular weight excluding hydrogens is 186 g/mol. The van der Waals surface area contributed by atoms with Crippen LogP contribution in [0.15, 0.2) is 41.1 Å². The Morgan fingerprint density at radius 2 is 1.85 bits per heavy atom. The molecule has 0 aliphatic carbocycles. The summed E-state index contributed by atoms with van der Waals surface area (Å²) in [5.74, 6) is -0.234. The zero-order chi connectivity index (χ0) is 9.84. The molecule has 1 aromatic carbocycles. The van der Waals surface area contributed by atoms with Crippen molar-refractivity contribution in [3.05, 3.63) is 46.6 Å². The van der Waals surface area contributed by atoms with E-state index in [0.29, 0.717) is 11.3 Å². The van der Waals surface area contributed by atoms with Gasteiger partial charge < -0.3 is 5.73 Å². The quantitative estimate of drug-likeness (QED) is 0.581. The summed E-state index contributed by atoms with van der Waals surface area (Å²) in [7, 11) is 0. The molecule has 3 heteroatoms. The van der Waals surface area contributed by atoms with Gasteiger partial charge in [-0.2, -0.15) is 0 Å². The summed E-state index contributed by atoms with van der Waals surface area (Å²) in [6, 6.07) is 8.80. The predicted octanol–water partition coefficient (Wildman–Crippen LogP) is 2.30. The van der Waals surface area contributed by atoms with Crippen LogP contribution in [0.25, 0.3) is 0 Å². The Morgan fingerprint density at radius 1 is 1.31 bits per heavy atom. The van der Waals surface area contributed by atoms with Crippen LogP contribution in [0.5, 0.6) is 0 Å². The fourth-order valence-electron chi connectivity index (χ4n) is 0.895. The van der Waals surface area contributed by atoms with E-state index in [-0.39, 0.29) is 10.8 Å².